The van der Waals surface area contributed by atoms with Gasteiger partial charge in [-0.2, -0.15) is 4.98 Å². The largest absolute Gasteiger partial charge is 0.485 e. The first-order chi connectivity index (χ1) is 14.1. The predicted octanol–water partition coefficient (Wildman–Crippen LogP) is 3.17. The standard InChI is InChI=1S/C20H18N4O5/c1-13-21-18(23-29-13)12-28-17-7-5-14(6-8-17)19(25)22-15-3-2-4-16(11-15)24-9-10-27-20(24)26/h2-8,11H,9-10,12H2,1H3,(H,22,25). The molecule has 9 nitrogen and oxygen atoms in total. The van der Waals surface area contributed by atoms with Crippen LogP contribution in [-0.4, -0.2) is 35.3 Å². The van der Waals surface area contributed by atoms with Gasteiger partial charge in [-0.3, -0.25) is 9.69 Å². The topological polar surface area (TPSA) is 107 Å². The number of nitrogens with zero attached hydrogens (tertiary/aromatic N) is 3. The van der Waals surface area contributed by atoms with E-state index in [9.17, 15) is 9.59 Å². The highest BCUT2D eigenvalue weighted by molar-refractivity contribution is 6.04. The quantitative estimate of drug-likeness (QED) is 0.684. The van der Waals surface area contributed by atoms with Crippen molar-refractivity contribution in [3.63, 3.8) is 0 Å². The van der Waals surface area contributed by atoms with E-state index < -0.39 is 0 Å². The van der Waals surface area contributed by atoms with Crippen LogP contribution >= 0.6 is 0 Å². The molecule has 2 amide bonds. The van der Waals surface area contributed by atoms with Gasteiger partial charge in [0.25, 0.3) is 5.91 Å². The molecule has 2 heterocycles. The Labute approximate surface area is 166 Å². The van der Waals surface area contributed by atoms with Crippen LogP contribution in [0.15, 0.2) is 53.1 Å². The van der Waals surface area contributed by atoms with Gasteiger partial charge in [0, 0.05) is 23.9 Å². The minimum atomic E-state index is -0.389. The average molecular weight is 394 g/mol. The number of amides is 2. The zero-order valence-electron chi connectivity index (χ0n) is 15.6. The summed E-state index contributed by atoms with van der Waals surface area (Å²) in [5.41, 5.74) is 1.73. The van der Waals surface area contributed by atoms with Crippen LogP contribution in [0, 0.1) is 6.92 Å². The Hall–Kier alpha value is -3.88. The third kappa shape index (κ3) is 4.34. The molecule has 29 heavy (non-hydrogen) atoms. The van der Waals surface area contributed by atoms with E-state index in [-0.39, 0.29) is 18.6 Å². The zero-order valence-corrected chi connectivity index (χ0v) is 15.6. The summed E-state index contributed by atoms with van der Waals surface area (Å²) >= 11 is 0. The van der Waals surface area contributed by atoms with Crippen molar-refractivity contribution in [3.8, 4) is 5.75 Å². The van der Waals surface area contributed by atoms with E-state index in [0.717, 1.165) is 0 Å². The lowest BCUT2D eigenvalue weighted by atomic mass is 10.2. The smallest absolute Gasteiger partial charge is 0.414 e. The van der Waals surface area contributed by atoms with Gasteiger partial charge in [0.15, 0.2) is 6.61 Å². The van der Waals surface area contributed by atoms with Crippen molar-refractivity contribution in [2.24, 2.45) is 0 Å². The van der Waals surface area contributed by atoms with Gasteiger partial charge in [-0.15, -0.1) is 0 Å². The van der Waals surface area contributed by atoms with E-state index in [1.165, 1.54) is 4.90 Å². The Morgan fingerprint density at radius 1 is 1.24 bits per heavy atom. The molecule has 0 radical (unpaired) electrons. The Bertz CT molecular complexity index is 1030. The second-order valence-corrected chi connectivity index (χ2v) is 6.31. The molecule has 1 N–H and O–H groups in total. The number of benzene rings is 2. The molecule has 0 aliphatic carbocycles. The van der Waals surface area contributed by atoms with Crippen molar-refractivity contribution in [2.45, 2.75) is 13.5 Å². The lowest BCUT2D eigenvalue weighted by Gasteiger charge is -2.14. The highest BCUT2D eigenvalue weighted by atomic mass is 16.6. The molecule has 148 valence electrons. The molecule has 1 aliphatic heterocycles. The number of carbonyl (C=O) groups excluding carboxylic acids is 2. The van der Waals surface area contributed by atoms with Crippen LogP contribution in [0.25, 0.3) is 0 Å². The summed E-state index contributed by atoms with van der Waals surface area (Å²) in [4.78, 5) is 29.8. The molecule has 0 unspecified atom stereocenters. The van der Waals surface area contributed by atoms with Crippen LogP contribution in [0.1, 0.15) is 22.1 Å². The van der Waals surface area contributed by atoms with E-state index in [0.29, 0.717) is 47.6 Å². The normalized spacial score (nSPS) is 13.3. The summed E-state index contributed by atoms with van der Waals surface area (Å²) in [6.45, 7) is 2.72. The fourth-order valence-electron chi connectivity index (χ4n) is 2.83. The van der Waals surface area contributed by atoms with Crippen LogP contribution in [0.2, 0.25) is 0 Å². The van der Waals surface area contributed by atoms with Gasteiger partial charge in [-0.1, -0.05) is 11.2 Å². The van der Waals surface area contributed by atoms with E-state index in [2.05, 4.69) is 15.5 Å². The molecule has 3 aromatic rings. The van der Waals surface area contributed by atoms with Crippen LogP contribution in [0.3, 0.4) is 0 Å². The number of hydrogen-bond acceptors (Lipinski definition) is 7. The summed E-state index contributed by atoms with van der Waals surface area (Å²) in [6.07, 6.45) is -0.389. The molecule has 1 aliphatic rings. The SMILES string of the molecule is Cc1nc(COc2ccc(C(=O)Nc3cccc(N4CCOC4=O)c3)cc2)no1. The Balaban J connectivity index is 1.37. The first kappa shape index (κ1) is 18.5. The van der Waals surface area contributed by atoms with Gasteiger partial charge in [0.1, 0.15) is 12.4 Å². The Morgan fingerprint density at radius 2 is 2.07 bits per heavy atom. The summed E-state index contributed by atoms with van der Waals surface area (Å²) in [6, 6.07) is 13.8. The van der Waals surface area contributed by atoms with E-state index >= 15 is 0 Å². The van der Waals surface area contributed by atoms with Gasteiger partial charge < -0.3 is 19.3 Å². The van der Waals surface area contributed by atoms with Crippen LogP contribution in [0.4, 0.5) is 16.2 Å². The second-order valence-electron chi connectivity index (χ2n) is 6.31. The summed E-state index contributed by atoms with van der Waals surface area (Å²) < 4.78 is 15.4. The Kier molecular flexibility index (Phi) is 5.10. The zero-order chi connectivity index (χ0) is 20.2. The molecule has 0 atom stereocenters. The number of aryl methyl sites for hydroxylation is 1. The predicted molar refractivity (Wildman–Crippen MR) is 103 cm³/mol. The molecule has 2 aromatic carbocycles. The highest BCUT2D eigenvalue weighted by Gasteiger charge is 2.23. The van der Waals surface area contributed by atoms with Crippen molar-refractivity contribution >= 4 is 23.4 Å². The molecule has 4 rings (SSSR count). The van der Waals surface area contributed by atoms with Gasteiger partial charge >= 0.3 is 6.09 Å². The third-order valence-corrected chi connectivity index (χ3v) is 4.23. The van der Waals surface area contributed by atoms with E-state index in [1.807, 2.05) is 0 Å². The molecular formula is C20H18N4O5. The molecule has 9 heteroatoms. The van der Waals surface area contributed by atoms with Crippen molar-refractivity contribution in [2.75, 3.05) is 23.4 Å². The number of nitrogens with one attached hydrogen (secondary N) is 1. The lowest BCUT2D eigenvalue weighted by molar-refractivity contribution is 0.102. The maximum Gasteiger partial charge on any atom is 0.414 e. The van der Waals surface area contributed by atoms with Gasteiger partial charge in [-0.25, -0.2) is 4.79 Å². The first-order valence-electron chi connectivity index (χ1n) is 8.96. The van der Waals surface area contributed by atoms with Crippen molar-refractivity contribution < 1.29 is 23.6 Å². The molecular weight excluding hydrogens is 376 g/mol. The van der Waals surface area contributed by atoms with E-state index in [4.69, 9.17) is 14.0 Å². The molecule has 0 spiro atoms. The first-order valence-corrected chi connectivity index (χ1v) is 8.96. The third-order valence-electron chi connectivity index (χ3n) is 4.23. The van der Waals surface area contributed by atoms with E-state index in [1.54, 1.807) is 55.5 Å². The van der Waals surface area contributed by atoms with Gasteiger partial charge in [0.05, 0.1) is 6.54 Å². The maximum atomic E-state index is 12.5. The number of aromatic nitrogens is 2. The number of cyclic esters (lactones) is 1. The second kappa shape index (κ2) is 8.01. The monoisotopic (exact) mass is 394 g/mol. The molecule has 0 bridgehead atoms. The van der Waals surface area contributed by atoms with Gasteiger partial charge in [-0.05, 0) is 42.5 Å². The molecule has 0 saturated carbocycles. The maximum absolute atomic E-state index is 12.5. The fourth-order valence-corrected chi connectivity index (χ4v) is 2.83. The fraction of sp³-hybridized carbons (Fsp3) is 0.200. The van der Waals surface area contributed by atoms with Crippen molar-refractivity contribution in [1.82, 2.24) is 10.1 Å². The molecule has 1 saturated heterocycles. The number of rotatable bonds is 6. The summed E-state index contributed by atoms with van der Waals surface area (Å²) in [5, 5.41) is 6.58. The lowest BCUT2D eigenvalue weighted by Crippen LogP contribution is -2.23. The molecule has 1 aromatic heterocycles. The summed E-state index contributed by atoms with van der Waals surface area (Å²) in [7, 11) is 0. The van der Waals surface area contributed by atoms with Gasteiger partial charge in [0.2, 0.25) is 11.7 Å². The number of ether oxygens (including phenoxy) is 2. The van der Waals surface area contributed by atoms with Crippen molar-refractivity contribution in [1.29, 1.82) is 0 Å². The minimum Gasteiger partial charge on any atom is -0.485 e. The number of anilines is 2. The Morgan fingerprint density at radius 3 is 2.76 bits per heavy atom. The number of hydrogen-bond donors (Lipinski definition) is 1. The van der Waals surface area contributed by atoms with Crippen LogP contribution < -0.4 is 15.0 Å². The van der Waals surface area contributed by atoms with Crippen LogP contribution in [0.5, 0.6) is 5.75 Å². The minimum absolute atomic E-state index is 0.175. The highest BCUT2D eigenvalue weighted by Crippen LogP contribution is 2.23. The molecule has 1 fully saturated rings. The summed E-state index contributed by atoms with van der Waals surface area (Å²) in [5.74, 6) is 1.23. The van der Waals surface area contributed by atoms with Crippen LogP contribution in [-0.2, 0) is 11.3 Å². The number of carbonyl (C=O) groups is 2. The van der Waals surface area contributed by atoms with Crippen molar-refractivity contribution in [3.05, 3.63) is 65.8 Å². The average Bonchev–Trinajstić information content (AvgIpc) is 3.35.